The zero-order valence-corrected chi connectivity index (χ0v) is 9.84. The van der Waals surface area contributed by atoms with Gasteiger partial charge in [0.05, 0.1) is 5.69 Å². The molecule has 2 atom stereocenters. The molecule has 0 aromatic carbocycles. The highest BCUT2D eigenvalue weighted by Gasteiger charge is 2.24. The average molecular weight is 220 g/mol. The summed E-state index contributed by atoms with van der Waals surface area (Å²) in [7, 11) is 0. The van der Waals surface area contributed by atoms with Gasteiger partial charge in [0, 0.05) is 25.4 Å². The van der Waals surface area contributed by atoms with Gasteiger partial charge in [0.2, 0.25) is 0 Å². The van der Waals surface area contributed by atoms with E-state index in [4.69, 9.17) is 0 Å². The first-order valence-electron chi connectivity index (χ1n) is 6.07. The van der Waals surface area contributed by atoms with Crippen molar-refractivity contribution in [3.63, 3.8) is 0 Å². The van der Waals surface area contributed by atoms with Crippen molar-refractivity contribution in [2.24, 2.45) is 5.92 Å². The number of aliphatic hydroxyl groups excluding tert-OH is 1. The van der Waals surface area contributed by atoms with E-state index in [1.54, 1.807) is 0 Å². The van der Waals surface area contributed by atoms with E-state index in [0.717, 1.165) is 25.2 Å². The molecular weight excluding hydrogens is 200 g/mol. The van der Waals surface area contributed by atoms with Gasteiger partial charge in [-0.1, -0.05) is 6.07 Å². The lowest BCUT2D eigenvalue weighted by molar-refractivity contribution is 0.0922. The third-order valence-corrected chi connectivity index (χ3v) is 3.47. The minimum atomic E-state index is 0.311. The van der Waals surface area contributed by atoms with E-state index in [2.05, 4.69) is 22.9 Å². The highest BCUT2D eigenvalue weighted by atomic mass is 16.3. The molecule has 1 aromatic rings. The molecule has 1 saturated heterocycles. The van der Waals surface area contributed by atoms with Crippen LogP contribution < -0.4 is 0 Å². The Labute approximate surface area is 97.1 Å². The minimum absolute atomic E-state index is 0.311. The predicted molar refractivity (Wildman–Crippen MR) is 64.0 cm³/mol. The number of nitrogens with zero attached hydrogens (tertiary/aromatic N) is 2. The number of pyridine rings is 1. The van der Waals surface area contributed by atoms with Crippen LogP contribution in [0.4, 0.5) is 0 Å². The number of likely N-dealkylation sites (tertiary alicyclic amines) is 1. The van der Waals surface area contributed by atoms with Gasteiger partial charge in [-0.3, -0.25) is 9.88 Å². The highest BCUT2D eigenvalue weighted by Crippen LogP contribution is 2.24. The molecule has 0 unspecified atom stereocenters. The Morgan fingerprint density at radius 3 is 3.12 bits per heavy atom. The summed E-state index contributed by atoms with van der Waals surface area (Å²) in [5, 5.41) is 9.22. The number of hydrogen-bond donors (Lipinski definition) is 1. The maximum atomic E-state index is 9.22. The van der Waals surface area contributed by atoms with Crippen molar-refractivity contribution in [3.8, 4) is 0 Å². The Balaban J connectivity index is 2.01. The van der Waals surface area contributed by atoms with E-state index in [1.165, 1.54) is 6.42 Å². The Morgan fingerprint density at radius 2 is 2.44 bits per heavy atom. The van der Waals surface area contributed by atoms with Gasteiger partial charge >= 0.3 is 0 Å². The Hall–Kier alpha value is -0.930. The summed E-state index contributed by atoms with van der Waals surface area (Å²) in [4.78, 5) is 6.82. The summed E-state index contributed by atoms with van der Waals surface area (Å²) < 4.78 is 0. The topological polar surface area (TPSA) is 36.4 Å². The molecule has 1 aliphatic rings. The first-order chi connectivity index (χ1) is 7.81. The Morgan fingerprint density at radius 1 is 1.56 bits per heavy atom. The number of hydrogen-bond acceptors (Lipinski definition) is 3. The van der Waals surface area contributed by atoms with E-state index in [1.807, 2.05) is 18.3 Å². The fraction of sp³-hybridized carbons (Fsp3) is 0.615. The van der Waals surface area contributed by atoms with Gasteiger partial charge < -0.3 is 5.11 Å². The smallest absolute Gasteiger partial charge is 0.0572 e. The molecule has 3 nitrogen and oxygen atoms in total. The van der Waals surface area contributed by atoms with Gasteiger partial charge in [0.15, 0.2) is 0 Å². The Kier molecular flexibility index (Phi) is 3.91. The van der Waals surface area contributed by atoms with E-state index >= 15 is 0 Å². The van der Waals surface area contributed by atoms with Crippen LogP contribution in [0.15, 0.2) is 24.4 Å². The largest absolute Gasteiger partial charge is 0.396 e. The number of aromatic nitrogens is 1. The van der Waals surface area contributed by atoms with Crippen molar-refractivity contribution in [2.75, 3.05) is 19.7 Å². The average Bonchev–Trinajstić information content (AvgIpc) is 2.39. The van der Waals surface area contributed by atoms with Crippen LogP contribution in [0.3, 0.4) is 0 Å². The number of piperidine rings is 1. The van der Waals surface area contributed by atoms with Crippen LogP contribution in [0, 0.1) is 5.92 Å². The first kappa shape index (κ1) is 11.6. The summed E-state index contributed by atoms with van der Waals surface area (Å²) in [5.41, 5.74) is 1.13. The van der Waals surface area contributed by atoms with Gasteiger partial charge in [-0.2, -0.15) is 0 Å². The molecule has 2 heterocycles. The summed E-state index contributed by atoms with van der Waals surface area (Å²) in [5.74, 6) is 0.444. The van der Waals surface area contributed by atoms with Gasteiger partial charge in [-0.15, -0.1) is 0 Å². The molecule has 0 radical (unpaired) electrons. The van der Waals surface area contributed by atoms with Crippen molar-refractivity contribution < 1.29 is 5.11 Å². The SMILES string of the molecule is C[C@@H](c1ccccn1)N1CCC[C@H](CO)C1. The van der Waals surface area contributed by atoms with Crippen molar-refractivity contribution in [1.82, 2.24) is 9.88 Å². The predicted octanol–water partition coefficient (Wildman–Crippen LogP) is 1.85. The van der Waals surface area contributed by atoms with Gasteiger partial charge in [0.1, 0.15) is 0 Å². The standard InChI is InChI=1S/C13H20N2O/c1-11(13-6-2-3-7-14-13)15-8-4-5-12(9-15)10-16/h2-3,6-7,11-12,16H,4-5,8-10H2,1H3/t11-,12-/m0/s1. The molecule has 1 fully saturated rings. The zero-order chi connectivity index (χ0) is 11.4. The fourth-order valence-electron chi connectivity index (χ4n) is 2.41. The molecule has 88 valence electrons. The molecule has 0 amide bonds. The molecule has 16 heavy (non-hydrogen) atoms. The molecule has 0 aliphatic carbocycles. The molecule has 0 saturated carbocycles. The molecule has 2 rings (SSSR count). The van der Waals surface area contributed by atoms with Gasteiger partial charge in [-0.25, -0.2) is 0 Å². The van der Waals surface area contributed by atoms with Crippen molar-refractivity contribution in [2.45, 2.75) is 25.8 Å². The second kappa shape index (κ2) is 5.41. The molecule has 1 N–H and O–H groups in total. The van der Waals surface area contributed by atoms with Crippen molar-refractivity contribution >= 4 is 0 Å². The second-order valence-corrected chi connectivity index (χ2v) is 4.62. The van der Waals surface area contributed by atoms with Crippen LogP contribution in [0.25, 0.3) is 0 Å². The third kappa shape index (κ3) is 2.60. The van der Waals surface area contributed by atoms with Crippen LogP contribution in [-0.4, -0.2) is 34.7 Å². The van der Waals surface area contributed by atoms with E-state index in [9.17, 15) is 5.11 Å². The quantitative estimate of drug-likeness (QED) is 0.844. The van der Waals surface area contributed by atoms with Crippen LogP contribution in [-0.2, 0) is 0 Å². The maximum absolute atomic E-state index is 9.22. The lowest BCUT2D eigenvalue weighted by Crippen LogP contribution is -2.38. The number of aliphatic hydroxyl groups is 1. The molecular formula is C13H20N2O. The molecule has 3 heteroatoms. The monoisotopic (exact) mass is 220 g/mol. The molecule has 0 spiro atoms. The normalized spacial score (nSPS) is 24.2. The molecule has 1 aromatic heterocycles. The van der Waals surface area contributed by atoms with Crippen molar-refractivity contribution in [1.29, 1.82) is 0 Å². The summed E-state index contributed by atoms with van der Waals surface area (Å²) in [6.45, 7) is 4.62. The van der Waals surface area contributed by atoms with Gasteiger partial charge in [-0.05, 0) is 44.4 Å². The summed E-state index contributed by atoms with van der Waals surface area (Å²) >= 11 is 0. The van der Waals surface area contributed by atoms with E-state index < -0.39 is 0 Å². The maximum Gasteiger partial charge on any atom is 0.0572 e. The molecule has 1 aliphatic heterocycles. The second-order valence-electron chi connectivity index (χ2n) is 4.62. The molecule has 0 bridgehead atoms. The summed E-state index contributed by atoms with van der Waals surface area (Å²) in [6.07, 6.45) is 4.18. The van der Waals surface area contributed by atoms with Crippen LogP contribution in [0.2, 0.25) is 0 Å². The number of rotatable bonds is 3. The fourth-order valence-corrected chi connectivity index (χ4v) is 2.41. The lowest BCUT2D eigenvalue weighted by atomic mass is 9.97. The van der Waals surface area contributed by atoms with E-state index in [0.29, 0.717) is 18.6 Å². The summed E-state index contributed by atoms with van der Waals surface area (Å²) in [6, 6.07) is 6.42. The Bertz CT molecular complexity index is 315. The van der Waals surface area contributed by atoms with Crippen molar-refractivity contribution in [3.05, 3.63) is 30.1 Å². The third-order valence-electron chi connectivity index (χ3n) is 3.47. The minimum Gasteiger partial charge on any atom is -0.396 e. The zero-order valence-electron chi connectivity index (χ0n) is 9.84. The lowest BCUT2D eigenvalue weighted by Gasteiger charge is -2.35. The van der Waals surface area contributed by atoms with Crippen LogP contribution >= 0.6 is 0 Å². The van der Waals surface area contributed by atoms with Crippen LogP contribution in [0.5, 0.6) is 0 Å². The first-order valence-corrected chi connectivity index (χ1v) is 6.07. The van der Waals surface area contributed by atoms with Gasteiger partial charge in [0.25, 0.3) is 0 Å². The van der Waals surface area contributed by atoms with Crippen LogP contribution in [0.1, 0.15) is 31.5 Å². The van der Waals surface area contributed by atoms with E-state index in [-0.39, 0.29) is 0 Å². The highest BCUT2D eigenvalue weighted by molar-refractivity contribution is 5.08.